The van der Waals surface area contributed by atoms with Gasteiger partial charge in [-0.2, -0.15) is 5.10 Å². The van der Waals surface area contributed by atoms with Crippen molar-refractivity contribution < 1.29 is 9.53 Å². The Balaban J connectivity index is 1.31. The molecule has 1 N–H and O–H groups in total. The molecule has 25 heavy (non-hydrogen) atoms. The van der Waals surface area contributed by atoms with E-state index in [9.17, 15) is 4.79 Å². The molecular formula is C18H25N5O2. The van der Waals surface area contributed by atoms with Gasteiger partial charge in [0.1, 0.15) is 17.9 Å². The molecule has 2 heterocycles. The maximum Gasteiger partial charge on any atom is 0.236 e. The summed E-state index contributed by atoms with van der Waals surface area (Å²) in [5.41, 5.74) is 0. The number of hydrogen-bond donors (Lipinski definition) is 1. The van der Waals surface area contributed by atoms with Crippen LogP contribution in [0.3, 0.4) is 0 Å². The second kappa shape index (κ2) is 8.62. The Hall–Kier alpha value is -2.41. The molecule has 7 heteroatoms. The summed E-state index contributed by atoms with van der Waals surface area (Å²) in [5.74, 6) is 1.99. The van der Waals surface area contributed by atoms with E-state index in [0.29, 0.717) is 19.7 Å². The van der Waals surface area contributed by atoms with Crippen molar-refractivity contribution in [2.75, 3.05) is 26.7 Å². The normalized spacial score (nSPS) is 16.3. The molecule has 0 bridgehead atoms. The number of hydrogen-bond acceptors (Lipinski definition) is 5. The van der Waals surface area contributed by atoms with Gasteiger partial charge < -0.3 is 15.0 Å². The zero-order valence-electron chi connectivity index (χ0n) is 14.6. The van der Waals surface area contributed by atoms with E-state index >= 15 is 0 Å². The lowest BCUT2D eigenvalue weighted by atomic mass is 10.1. The van der Waals surface area contributed by atoms with E-state index in [2.05, 4.69) is 15.4 Å². The maximum absolute atomic E-state index is 12.2. The standard InChI is InChI=1S/C18H25N5O2/c1-22(10-5-11-25-16-6-3-2-4-7-16)18(24)12-19-15-8-9-17-20-14-21-23(17)13-15/h2-4,6-7,14-15,19H,5,8-13H2,1H3/t15-/m0/s1. The maximum atomic E-state index is 12.2. The van der Waals surface area contributed by atoms with Crippen molar-refractivity contribution in [2.24, 2.45) is 0 Å². The summed E-state index contributed by atoms with van der Waals surface area (Å²) < 4.78 is 7.56. The zero-order valence-corrected chi connectivity index (χ0v) is 14.6. The fourth-order valence-electron chi connectivity index (χ4n) is 2.90. The molecule has 1 amide bonds. The van der Waals surface area contributed by atoms with Gasteiger partial charge in [-0.1, -0.05) is 18.2 Å². The van der Waals surface area contributed by atoms with Crippen LogP contribution in [0.2, 0.25) is 0 Å². The lowest BCUT2D eigenvalue weighted by Gasteiger charge is -2.25. The lowest BCUT2D eigenvalue weighted by Crippen LogP contribution is -2.44. The molecular weight excluding hydrogens is 318 g/mol. The molecule has 2 aromatic rings. The quantitative estimate of drug-likeness (QED) is 0.727. The van der Waals surface area contributed by atoms with Crippen molar-refractivity contribution in [2.45, 2.75) is 31.8 Å². The number of para-hydroxylation sites is 1. The number of rotatable bonds is 8. The summed E-state index contributed by atoms with van der Waals surface area (Å²) in [6.45, 7) is 2.42. The second-order valence-corrected chi connectivity index (χ2v) is 6.31. The van der Waals surface area contributed by atoms with Crippen molar-refractivity contribution in [3.05, 3.63) is 42.5 Å². The highest BCUT2D eigenvalue weighted by atomic mass is 16.5. The zero-order chi connectivity index (χ0) is 17.5. The van der Waals surface area contributed by atoms with Gasteiger partial charge in [-0.3, -0.25) is 4.79 Å². The van der Waals surface area contributed by atoms with Crippen molar-refractivity contribution in [1.29, 1.82) is 0 Å². The smallest absolute Gasteiger partial charge is 0.236 e. The average Bonchev–Trinajstić information content (AvgIpc) is 3.11. The van der Waals surface area contributed by atoms with Crippen LogP contribution in [0.15, 0.2) is 36.7 Å². The van der Waals surface area contributed by atoms with Gasteiger partial charge >= 0.3 is 0 Å². The van der Waals surface area contributed by atoms with Crippen molar-refractivity contribution in [1.82, 2.24) is 25.0 Å². The summed E-state index contributed by atoms with van der Waals surface area (Å²) in [7, 11) is 1.84. The molecule has 1 aliphatic rings. The molecule has 1 aromatic carbocycles. The number of amides is 1. The number of carbonyl (C=O) groups is 1. The Morgan fingerprint density at radius 1 is 1.40 bits per heavy atom. The molecule has 134 valence electrons. The van der Waals surface area contributed by atoms with Crippen molar-refractivity contribution in [3.63, 3.8) is 0 Å². The molecule has 0 saturated carbocycles. The highest BCUT2D eigenvalue weighted by Crippen LogP contribution is 2.11. The first-order valence-electron chi connectivity index (χ1n) is 8.74. The van der Waals surface area contributed by atoms with E-state index < -0.39 is 0 Å². The number of likely N-dealkylation sites (N-methyl/N-ethyl adjacent to an activating group) is 1. The minimum Gasteiger partial charge on any atom is -0.494 e. The number of nitrogens with zero attached hydrogens (tertiary/aromatic N) is 4. The Bertz CT molecular complexity index is 673. The predicted molar refractivity (Wildman–Crippen MR) is 94.3 cm³/mol. The van der Waals surface area contributed by atoms with E-state index in [1.807, 2.05) is 42.1 Å². The van der Waals surface area contributed by atoms with Crippen LogP contribution in [0.4, 0.5) is 0 Å². The van der Waals surface area contributed by atoms with Gasteiger partial charge in [-0.15, -0.1) is 0 Å². The minimum atomic E-state index is 0.101. The topological polar surface area (TPSA) is 72.3 Å². The molecule has 0 spiro atoms. The highest BCUT2D eigenvalue weighted by molar-refractivity contribution is 5.77. The summed E-state index contributed by atoms with van der Waals surface area (Å²) in [4.78, 5) is 18.2. The first kappa shape index (κ1) is 17.4. The van der Waals surface area contributed by atoms with Crippen LogP contribution in [0.1, 0.15) is 18.7 Å². The van der Waals surface area contributed by atoms with Crippen LogP contribution >= 0.6 is 0 Å². The second-order valence-electron chi connectivity index (χ2n) is 6.31. The van der Waals surface area contributed by atoms with Crippen LogP contribution in [0, 0.1) is 0 Å². The summed E-state index contributed by atoms with van der Waals surface area (Å²) >= 11 is 0. The van der Waals surface area contributed by atoms with Crippen LogP contribution in [-0.4, -0.2) is 58.4 Å². The van der Waals surface area contributed by atoms with Crippen LogP contribution in [0.25, 0.3) is 0 Å². The van der Waals surface area contributed by atoms with E-state index in [0.717, 1.165) is 37.4 Å². The molecule has 0 radical (unpaired) electrons. The number of carbonyl (C=O) groups excluding carboxylic acids is 1. The minimum absolute atomic E-state index is 0.101. The highest BCUT2D eigenvalue weighted by Gasteiger charge is 2.20. The molecule has 1 aliphatic heterocycles. The van der Waals surface area contributed by atoms with Crippen LogP contribution in [0.5, 0.6) is 5.75 Å². The average molecular weight is 343 g/mol. The van der Waals surface area contributed by atoms with E-state index in [4.69, 9.17) is 4.74 Å². The third-order valence-electron chi connectivity index (χ3n) is 4.42. The van der Waals surface area contributed by atoms with Crippen LogP contribution in [-0.2, 0) is 17.8 Å². The Kier molecular flexibility index (Phi) is 6.00. The number of benzene rings is 1. The third-order valence-corrected chi connectivity index (χ3v) is 4.42. The largest absolute Gasteiger partial charge is 0.494 e. The fourth-order valence-corrected chi connectivity index (χ4v) is 2.90. The van der Waals surface area contributed by atoms with Gasteiger partial charge in [0.05, 0.1) is 19.7 Å². The first-order chi connectivity index (χ1) is 12.2. The predicted octanol–water partition coefficient (Wildman–Crippen LogP) is 1.11. The number of aromatic nitrogens is 3. The van der Waals surface area contributed by atoms with E-state index in [1.54, 1.807) is 11.2 Å². The SMILES string of the molecule is CN(CCCOc1ccccc1)C(=O)CN[C@H]1CCc2ncnn2C1. The van der Waals surface area contributed by atoms with E-state index in [1.165, 1.54) is 0 Å². The Morgan fingerprint density at radius 3 is 3.08 bits per heavy atom. The van der Waals surface area contributed by atoms with Gasteiger partial charge in [0.2, 0.25) is 5.91 Å². The van der Waals surface area contributed by atoms with Crippen LogP contribution < -0.4 is 10.1 Å². The van der Waals surface area contributed by atoms with Crippen molar-refractivity contribution >= 4 is 5.91 Å². The van der Waals surface area contributed by atoms with Crippen molar-refractivity contribution in [3.8, 4) is 5.75 Å². The fraction of sp³-hybridized carbons (Fsp3) is 0.500. The monoisotopic (exact) mass is 343 g/mol. The Labute approximate surface area is 148 Å². The summed E-state index contributed by atoms with van der Waals surface area (Å²) in [6.07, 6.45) is 4.29. The molecule has 3 rings (SSSR count). The molecule has 1 aromatic heterocycles. The van der Waals surface area contributed by atoms with Gasteiger partial charge in [-0.25, -0.2) is 9.67 Å². The summed E-state index contributed by atoms with van der Waals surface area (Å²) in [5, 5.41) is 7.54. The van der Waals surface area contributed by atoms with Gasteiger partial charge in [0.15, 0.2) is 0 Å². The Morgan fingerprint density at radius 2 is 2.24 bits per heavy atom. The lowest BCUT2D eigenvalue weighted by molar-refractivity contribution is -0.129. The number of nitrogens with one attached hydrogen (secondary N) is 1. The first-order valence-corrected chi connectivity index (χ1v) is 8.74. The molecule has 0 fully saturated rings. The molecule has 1 atom stereocenters. The molecule has 0 saturated heterocycles. The van der Waals surface area contributed by atoms with Gasteiger partial charge in [0.25, 0.3) is 0 Å². The van der Waals surface area contributed by atoms with E-state index in [-0.39, 0.29) is 11.9 Å². The molecule has 0 aliphatic carbocycles. The van der Waals surface area contributed by atoms with Gasteiger partial charge in [0, 0.05) is 26.1 Å². The third kappa shape index (κ3) is 5.03. The van der Waals surface area contributed by atoms with Gasteiger partial charge in [-0.05, 0) is 25.0 Å². The summed E-state index contributed by atoms with van der Waals surface area (Å²) in [6, 6.07) is 10.00. The molecule has 7 nitrogen and oxygen atoms in total. The number of aryl methyl sites for hydroxylation is 1. The number of ether oxygens (including phenoxy) is 1. The number of fused-ring (bicyclic) bond motifs is 1. The molecule has 0 unspecified atom stereocenters.